The van der Waals surface area contributed by atoms with Gasteiger partial charge in [-0.2, -0.15) is 9.40 Å². The second-order valence-electron chi connectivity index (χ2n) is 4.37. The van der Waals surface area contributed by atoms with Crippen LogP contribution in [0.3, 0.4) is 0 Å². The molecule has 2 heterocycles. The van der Waals surface area contributed by atoms with Crippen molar-refractivity contribution in [3.8, 4) is 0 Å². The molecule has 0 unspecified atom stereocenters. The van der Waals surface area contributed by atoms with Crippen molar-refractivity contribution in [2.45, 2.75) is 25.0 Å². The van der Waals surface area contributed by atoms with Gasteiger partial charge >= 0.3 is 0 Å². The van der Waals surface area contributed by atoms with E-state index in [2.05, 4.69) is 20.5 Å². The summed E-state index contributed by atoms with van der Waals surface area (Å²) in [7, 11) is -0.307. The Hall–Kier alpha value is -1.29. The van der Waals surface area contributed by atoms with Crippen molar-refractivity contribution < 1.29 is 8.42 Å². The zero-order valence-electron chi connectivity index (χ0n) is 11.5. The first-order valence-electron chi connectivity index (χ1n) is 5.99. The van der Waals surface area contributed by atoms with Crippen molar-refractivity contribution in [1.29, 1.82) is 0 Å². The van der Waals surface area contributed by atoms with Gasteiger partial charge in [-0.15, -0.1) is 11.3 Å². The van der Waals surface area contributed by atoms with E-state index in [0.717, 1.165) is 10.7 Å². The SMILES string of the molecule is CNCc1cn[nH]c1S(=O)(=O)N(C)Cc1csc(C)n1. The molecule has 2 aromatic rings. The van der Waals surface area contributed by atoms with E-state index in [1.165, 1.54) is 28.9 Å². The standard InChI is InChI=1S/C11H17N5O2S2/c1-8-14-10(7-19-8)6-16(3)20(17,18)11-9(4-12-2)5-13-15-11/h5,7,12H,4,6H2,1-3H3,(H,13,15). The molecule has 0 saturated heterocycles. The molecule has 20 heavy (non-hydrogen) atoms. The largest absolute Gasteiger partial charge is 0.316 e. The maximum Gasteiger partial charge on any atom is 0.260 e. The normalized spacial score (nSPS) is 12.2. The lowest BCUT2D eigenvalue weighted by Gasteiger charge is -2.15. The molecule has 0 aromatic carbocycles. The minimum Gasteiger partial charge on any atom is -0.316 e. The van der Waals surface area contributed by atoms with Crippen LogP contribution in [0.1, 0.15) is 16.3 Å². The Morgan fingerprint density at radius 1 is 1.50 bits per heavy atom. The Bertz CT molecular complexity index is 677. The monoisotopic (exact) mass is 315 g/mol. The molecule has 0 atom stereocenters. The van der Waals surface area contributed by atoms with E-state index < -0.39 is 10.0 Å². The van der Waals surface area contributed by atoms with Crippen molar-refractivity contribution in [1.82, 2.24) is 24.8 Å². The number of aromatic amines is 1. The fraction of sp³-hybridized carbons (Fsp3) is 0.455. The van der Waals surface area contributed by atoms with Crippen molar-refractivity contribution in [3.05, 3.63) is 27.8 Å². The minimum atomic E-state index is -3.60. The third-order valence-corrected chi connectivity index (χ3v) is 5.41. The Labute approximate surface area is 122 Å². The van der Waals surface area contributed by atoms with Crippen LogP contribution in [0.4, 0.5) is 0 Å². The molecular weight excluding hydrogens is 298 g/mol. The van der Waals surface area contributed by atoms with Crippen molar-refractivity contribution in [2.24, 2.45) is 0 Å². The quantitative estimate of drug-likeness (QED) is 0.819. The molecule has 2 rings (SSSR count). The molecule has 0 aliphatic carbocycles. The number of hydrogen-bond donors (Lipinski definition) is 2. The van der Waals surface area contributed by atoms with Gasteiger partial charge in [-0.3, -0.25) is 5.10 Å². The molecule has 0 aliphatic heterocycles. The van der Waals surface area contributed by atoms with E-state index in [0.29, 0.717) is 12.1 Å². The summed E-state index contributed by atoms with van der Waals surface area (Å²) in [5, 5.41) is 12.2. The van der Waals surface area contributed by atoms with Gasteiger partial charge in [0.1, 0.15) is 0 Å². The molecule has 0 aliphatic rings. The second kappa shape index (κ2) is 6.00. The Morgan fingerprint density at radius 3 is 2.85 bits per heavy atom. The first-order chi connectivity index (χ1) is 9.45. The maximum atomic E-state index is 12.5. The zero-order chi connectivity index (χ0) is 14.8. The number of nitrogens with zero attached hydrogens (tertiary/aromatic N) is 3. The fourth-order valence-electron chi connectivity index (χ4n) is 1.79. The van der Waals surface area contributed by atoms with Crippen molar-refractivity contribution in [2.75, 3.05) is 14.1 Å². The van der Waals surface area contributed by atoms with Gasteiger partial charge < -0.3 is 5.32 Å². The highest BCUT2D eigenvalue weighted by Crippen LogP contribution is 2.19. The van der Waals surface area contributed by atoms with Crippen molar-refractivity contribution >= 4 is 21.4 Å². The van der Waals surface area contributed by atoms with E-state index in [-0.39, 0.29) is 11.6 Å². The Kier molecular flexibility index (Phi) is 4.53. The predicted octanol–water partition coefficient (Wildman–Crippen LogP) is 0.715. The lowest BCUT2D eigenvalue weighted by Crippen LogP contribution is -2.28. The van der Waals surface area contributed by atoms with E-state index in [4.69, 9.17) is 0 Å². The molecule has 0 bridgehead atoms. The van der Waals surface area contributed by atoms with Gasteiger partial charge in [-0.25, -0.2) is 13.4 Å². The van der Waals surface area contributed by atoms with E-state index in [1.54, 1.807) is 7.05 Å². The van der Waals surface area contributed by atoms with Gasteiger partial charge in [0.2, 0.25) is 0 Å². The lowest BCUT2D eigenvalue weighted by molar-refractivity contribution is 0.458. The first-order valence-corrected chi connectivity index (χ1v) is 8.31. The molecule has 0 amide bonds. The highest BCUT2D eigenvalue weighted by Gasteiger charge is 2.26. The average Bonchev–Trinajstić information content (AvgIpc) is 2.99. The van der Waals surface area contributed by atoms with Crippen LogP contribution in [0.15, 0.2) is 16.6 Å². The summed E-state index contributed by atoms with van der Waals surface area (Å²) in [6.07, 6.45) is 1.52. The minimum absolute atomic E-state index is 0.126. The number of nitrogens with one attached hydrogen (secondary N) is 2. The fourth-order valence-corrected chi connectivity index (χ4v) is 3.63. The average molecular weight is 315 g/mol. The number of thiazole rings is 1. The molecule has 0 radical (unpaired) electrons. The number of rotatable bonds is 6. The van der Waals surface area contributed by atoms with Crippen LogP contribution in [-0.4, -0.2) is 42.0 Å². The number of H-pyrrole nitrogens is 1. The summed E-state index contributed by atoms with van der Waals surface area (Å²) < 4.78 is 26.3. The van der Waals surface area contributed by atoms with E-state index >= 15 is 0 Å². The third kappa shape index (κ3) is 3.06. The summed E-state index contributed by atoms with van der Waals surface area (Å²) in [6, 6.07) is 0. The molecule has 0 saturated carbocycles. The van der Waals surface area contributed by atoms with Gasteiger partial charge in [0, 0.05) is 24.5 Å². The van der Waals surface area contributed by atoms with Crippen LogP contribution in [-0.2, 0) is 23.1 Å². The van der Waals surface area contributed by atoms with Crippen LogP contribution < -0.4 is 5.32 Å². The van der Waals surface area contributed by atoms with Crippen LogP contribution in [0.25, 0.3) is 0 Å². The number of aromatic nitrogens is 3. The summed E-state index contributed by atoms with van der Waals surface area (Å²) in [5.74, 6) is 0. The summed E-state index contributed by atoms with van der Waals surface area (Å²) in [5.41, 5.74) is 1.36. The molecular formula is C11H17N5O2S2. The smallest absolute Gasteiger partial charge is 0.260 e. The first kappa shape index (κ1) is 15.1. The highest BCUT2D eigenvalue weighted by atomic mass is 32.2. The van der Waals surface area contributed by atoms with Gasteiger partial charge in [0.05, 0.1) is 23.4 Å². The molecule has 110 valence electrons. The number of aryl methyl sites for hydroxylation is 1. The molecule has 0 spiro atoms. The molecule has 7 nitrogen and oxygen atoms in total. The van der Waals surface area contributed by atoms with Gasteiger partial charge in [-0.1, -0.05) is 0 Å². The van der Waals surface area contributed by atoms with Gasteiger partial charge in [-0.05, 0) is 14.0 Å². The predicted molar refractivity (Wildman–Crippen MR) is 76.9 cm³/mol. The number of hydrogen-bond acceptors (Lipinski definition) is 6. The van der Waals surface area contributed by atoms with Crippen LogP contribution in [0, 0.1) is 6.92 Å². The lowest BCUT2D eigenvalue weighted by atomic mass is 10.4. The highest BCUT2D eigenvalue weighted by molar-refractivity contribution is 7.89. The summed E-state index contributed by atoms with van der Waals surface area (Å²) in [4.78, 5) is 4.28. The van der Waals surface area contributed by atoms with E-state index in [1.807, 2.05) is 12.3 Å². The number of sulfonamides is 1. The van der Waals surface area contributed by atoms with Crippen LogP contribution in [0.5, 0.6) is 0 Å². The summed E-state index contributed by atoms with van der Waals surface area (Å²) >= 11 is 1.50. The molecule has 2 N–H and O–H groups in total. The maximum absolute atomic E-state index is 12.5. The third-order valence-electron chi connectivity index (χ3n) is 2.76. The summed E-state index contributed by atoms with van der Waals surface area (Å²) in [6.45, 7) is 2.57. The van der Waals surface area contributed by atoms with Gasteiger partial charge in [0.15, 0.2) is 5.03 Å². The Balaban J connectivity index is 2.22. The van der Waals surface area contributed by atoms with Gasteiger partial charge in [0.25, 0.3) is 10.0 Å². The second-order valence-corrected chi connectivity index (χ2v) is 7.42. The zero-order valence-corrected chi connectivity index (χ0v) is 13.2. The molecule has 0 fully saturated rings. The Morgan fingerprint density at radius 2 is 2.25 bits per heavy atom. The molecule has 2 aromatic heterocycles. The van der Waals surface area contributed by atoms with Crippen LogP contribution >= 0.6 is 11.3 Å². The molecule has 9 heteroatoms. The van der Waals surface area contributed by atoms with Crippen LogP contribution in [0.2, 0.25) is 0 Å². The van der Waals surface area contributed by atoms with E-state index in [9.17, 15) is 8.42 Å². The van der Waals surface area contributed by atoms with Crippen molar-refractivity contribution in [3.63, 3.8) is 0 Å². The topological polar surface area (TPSA) is 91.0 Å².